The van der Waals surface area contributed by atoms with Crippen molar-refractivity contribution in [2.75, 3.05) is 17.1 Å². The molecule has 2 aromatic rings. The standard InChI is InChI=1S/C25H33F2N3O4S/c1-6-18(4)28-25(32)23(7-2)29(15-19-10-8-17(3)9-11-19)24(31)16-30(35(5,33)34)20-12-13-21(26)22(27)14-20/h8-14,18,23H,6-7,15-16H2,1-5H3,(H,28,32)/t18-,23+/m1/s1. The number of nitrogens with zero attached hydrogens (tertiary/aromatic N) is 2. The van der Waals surface area contributed by atoms with Crippen LogP contribution in [-0.4, -0.2) is 50.0 Å². The first-order valence-corrected chi connectivity index (χ1v) is 13.3. The van der Waals surface area contributed by atoms with E-state index >= 15 is 0 Å². The highest BCUT2D eigenvalue weighted by Gasteiger charge is 2.32. The number of benzene rings is 2. The molecule has 0 spiro atoms. The molecule has 0 aliphatic heterocycles. The van der Waals surface area contributed by atoms with Crippen LogP contribution in [0.15, 0.2) is 42.5 Å². The Morgan fingerprint density at radius 2 is 1.63 bits per heavy atom. The molecule has 0 aromatic heterocycles. The van der Waals surface area contributed by atoms with Crippen LogP contribution in [0, 0.1) is 18.6 Å². The third kappa shape index (κ3) is 7.74. The van der Waals surface area contributed by atoms with E-state index in [9.17, 15) is 26.8 Å². The molecule has 0 fully saturated rings. The third-order valence-electron chi connectivity index (χ3n) is 5.73. The van der Waals surface area contributed by atoms with Crippen LogP contribution in [0.4, 0.5) is 14.5 Å². The molecule has 0 unspecified atom stereocenters. The molecule has 1 N–H and O–H groups in total. The Labute approximate surface area is 206 Å². The summed E-state index contributed by atoms with van der Waals surface area (Å²) >= 11 is 0. The van der Waals surface area contributed by atoms with Crippen LogP contribution in [0.5, 0.6) is 0 Å². The van der Waals surface area contributed by atoms with Crippen molar-refractivity contribution in [3.63, 3.8) is 0 Å². The minimum Gasteiger partial charge on any atom is -0.352 e. The number of carbonyl (C=O) groups is 2. The molecule has 7 nitrogen and oxygen atoms in total. The Morgan fingerprint density at radius 3 is 2.14 bits per heavy atom. The molecule has 0 aliphatic carbocycles. The van der Waals surface area contributed by atoms with Gasteiger partial charge in [0.2, 0.25) is 21.8 Å². The fraction of sp³-hybridized carbons (Fsp3) is 0.440. The van der Waals surface area contributed by atoms with Gasteiger partial charge in [0.1, 0.15) is 12.6 Å². The third-order valence-corrected chi connectivity index (χ3v) is 6.87. The molecule has 2 atom stereocenters. The van der Waals surface area contributed by atoms with Crippen LogP contribution in [0.1, 0.15) is 44.7 Å². The second-order valence-electron chi connectivity index (χ2n) is 8.62. The van der Waals surface area contributed by atoms with E-state index in [1.807, 2.05) is 45.0 Å². The predicted octanol–water partition coefficient (Wildman–Crippen LogP) is 3.76. The summed E-state index contributed by atoms with van der Waals surface area (Å²) in [6.45, 7) is 6.86. The SMILES string of the molecule is CC[C@@H](C)NC(=O)[C@H](CC)N(Cc1ccc(C)cc1)C(=O)CN(c1ccc(F)c(F)c1)S(C)(=O)=O. The van der Waals surface area contributed by atoms with Gasteiger partial charge in [0.25, 0.3) is 0 Å². The summed E-state index contributed by atoms with van der Waals surface area (Å²) in [5.41, 5.74) is 1.60. The minimum atomic E-state index is -4.03. The number of hydrogen-bond acceptors (Lipinski definition) is 4. The van der Waals surface area contributed by atoms with Crippen molar-refractivity contribution >= 4 is 27.5 Å². The largest absolute Gasteiger partial charge is 0.352 e. The molecular weight excluding hydrogens is 476 g/mol. The molecule has 0 radical (unpaired) electrons. The van der Waals surface area contributed by atoms with E-state index in [0.717, 1.165) is 35.6 Å². The molecular formula is C25H33F2N3O4S. The van der Waals surface area contributed by atoms with Crippen LogP contribution in [0.2, 0.25) is 0 Å². The van der Waals surface area contributed by atoms with Crippen molar-refractivity contribution in [2.24, 2.45) is 0 Å². The lowest BCUT2D eigenvalue weighted by atomic mass is 10.1. The van der Waals surface area contributed by atoms with Crippen molar-refractivity contribution in [3.8, 4) is 0 Å². The average molecular weight is 510 g/mol. The van der Waals surface area contributed by atoms with Crippen molar-refractivity contribution in [2.45, 2.75) is 59.2 Å². The zero-order valence-corrected chi connectivity index (χ0v) is 21.5. The smallest absolute Gasteiger partial charge is 0.244 e. The van der Waals surface area contributed by atoms with E-state index in [0.29, 0.717) is 17.1 Å². The van der Waals surface area contributed by atoms with Crippen LogP contribution in [0.3, 0.4) is 0 Å². The Bertz CT molecular complexity index is 1140. The van der Waals surface area contributed by atoms with Crippen molar-refractivity contribution in [1.29, 1.82) is 0 Å². The zero-order chi connectivity index (χ0) is 26.3. The van der Waals surface area contributed by atoms with Crippen molar-refractivity contribution in [1.82, 2.24) is 10.2 Å². The molecule has 2 aromatic carbocycles. The monoisotopic (exact) mass is 509 g/mol. The fourth-order valence-electron chi connectivity index (χ4n) is 3.50. The molecule has 0 bridgehead atoms. The molecule has 0 saturated carbocycles. The highest BCUT2D eigenvalue weighted by Crippen LogP contribution is 2.22. The molecule has 2 rings (SSSR count). The van der Waals surface area contributed by atoms with Crippen molar-refractivity contribution < 1.29 is 26.8 Å². The van der Waals surface area contributed by atoms with Gasteiger partial charge in [-0.3, -0.25) is 13.9 Å². The number of nitrogens with one attached hydrogen (secondary N) is 1. The summed E-state index contributed by atoms with van der Waals surface area (Å²) in [6, 6.07) is 9.06. The Balaban J connectivity index is 2.45. The Hall–Kier alpha value is -3.01. The Kier molecular flexibility index (Phi) is 9.76. The fourth-order valence-corrected chi connectivity index (χ4v) is 4.35. The quantitative estimate of drug-likeness (QED) is 0.500. The van der Waals surface area contributed by atoms with Gasteiger partial charge < -0.3 is 10.2 Å². The lowest BCUT2D eigenvalue weighted by molar-refractivity contribution is -0.140. The first kappa shape index (κ1) is 28.2. The highest BCUT2D eigenvalue weighted by atomic mass is 32.2. The highest BCUT2D eigenvalue weighted by molar-refractivity contribution is 7.92. The minimum absolute atomic E-state index is 0.0704. The number of rotatable bonds is 11. The van der Waals surface area contributed by atoms with E-state index < -0.39 is 40.2 Å². The van der Waals surface area contributed by atoms with E-state index in [2.05, 4.69) is 5.32 Å². The summed E-state index contributed by atoms with van der Waals surface area (Å²) < 4.78 is 53.0. The number of halogens is 2. The maximum Gasteiger partial charge on any atom is 0.244 e. The van der Waals surface area contributed by atoms with Gasteiger partial charge in [-0.2, -0.15) is 0 Å². The molecule has 2 amide bonds. The second-order valence-corrected chi connectivity index (χ2v) is 10.5. The lowest BCUT2D eigenvalue weighted by Gasteiger charge is -2.33. The number of anilines is 1. The van der Waals surface area contributed by atoms with Gasteiger partial charge >= 0.3 is 0 Å². The first-order chi connectivity index (χ1) is 16.4. The number of hydrogen-bond donors (Lipinski definition) is 1. The molecule has 0 aliphatic rings. The summed E-state index contributed by atoms with van der Waals surface area (Å²) in [7, 11) is -4.03. The summed E-state index contributed by atoms with van der Waals surface area (Å²) in [4.78, 5) is 27.9. The topological polar surface area (TPSA) is 86.8 Å². The van der Waals surface area contributed by atoms with Gasteiger partial charge in [-0.05, 0) is 44.4 Å². The van der Waals surface area contributed by atoms with E-state index in [1.54, 1.807) is 6.92 Å². The van der Waals surface area contributed by atoms with Crippen LogP contribution < -0.4 is 9.62 Å². The number of amides is 2. The average Bonchev–Trinajstić information content (AvgIpc) is 2.79. The zero-order valence-electron chi connectivity index (χ0n) is 20.7. The maximum absolute atomic E-state index is 13.8. The van der Waals surface area contributed by atoms with Gasteiger partial charge in [-0.25, -0.2) is 17.2 Å². The normalized spacial score (nSPS) is 13.1. The number of carbonyl (C=O) groups excluding carboxylic acids is 2. The number of sulfonamides is 1. The summed E-state index contributed by atoms with van der Waals surface area (Å²) in [5, 5.41) is 2.88. The van der Waals surface area contributed by atoms with E-state index in [1.165, 1.54) is 4.90 Å². The number of aryl methyl sites for hydroxylation is 1. The molecule has 0 heterocycles. The van der Waals surface area contributed by atoms with E-state index in [-0.39, 0.29) is 24.2 Å². The molecule has 0 saturated heterocycles. The molecule has 10 heteroatoms. The van der Waals surface area contributed by atoms with Crippen LogP contribution in [0.25, 0.3) is 0 Å². The second kappa shape index (κ2) is 12.1. The van der Waals surface area contributed by atoms with Gasteiger partial charge in [-0.15, -0.1) is 0 Å². The van der Waals surface area contributed by atoms with Gasteiger partial charge in [0, 0.05) is 18.7 Å². The maximum atomic E-state index is 13.8. The first-order valence-electron chi connectivity index (χ1n) is 11.5. The molecule has 35 heavy (non-hydrogen) atoms. The summed E-state index contributed by atoms with van der Waals surface area (Å²) in [5.74, 6) is -3.37. The summed E-state index contributed by atoms with van der Waals surface area (Å²) in [6.07, 6.45) is 1.87. The van der Waals surface area contributed by atoms with Crippen LogP contribution >= 0.6 is 0 Å². The Morgan fingerprint density at radius 1 is 1.00 bits per heavy atom. The molecule has 192 valence electrons. The van der Waals surface area contributed by atoms with Gasteiger partial charge in [0.05, 0.1) is 11.9 Å². The lowest BCUT2D eigenvalue weighted by Crippen LogP contribution is -2.53. The van der Waals surface area contributed by atoms with Gasteiger partial charge in [-0.1, -0.05) is 43.7 Å². The van der Waals surface area contributed by atoms with E-state index in [4.69, 9.17) is 0 Å². The predicted molar refractivity (Wildman–Crippen MR) is 132 cm³/mol. The van der Waals surface area contributed by atoms with Crippen LogP contribution in [-0.2, 0) is 26.2 Å². The van der Waals surface area contributed by atoms with Gasteiger partial charge in [0.15, 0.2) is 11.6 Å². The van der Waals surface area contributed by atoms with Crippen molar-refractivity contribution in [3.05, 3.63) is 65.2 Å².